The van der Waals surface area contributed by atoms with E-state index in [1.54, 1.807) is 38.3 Å². The van der Waals surface area contributed by atoms with Gasteiger partial charge in [-0.15, -0.1) is 0 Å². The largest absolute Gasteiger partial charge is 0.497 e. The number of aromatic nitrogens is 2. The number of anilines is 2. The van der Waals surface area contributed by atoms with Crippen molar-refractivity contribution in [3.8, 4) is 5.75 Å². The first-order valence-electron chi connectivity index (χ1n) is 9.95. The molecule has 0 bridgehead atoms. The first kappa shape index (κ1) is 21.1. The van der Waals surface area contributed by atoms with Crippen LogP contribution in [-0.4, -0.2) is 29.1 Å². The van der Waals surface area contributed by atoms with Crippen LogP contribution in [0.5, 0.6) is 5.75 Å². The smallest absolute Gasteiger partial charge is 0.252 e. The first-order chi connectivity index (χ1) is 15.3. The van der Waals surface area contributed by atoms with Crippen LogP contribution < -0.4 is 21.5 Å². The number of nitrogens with zero attached hydrogens (tertiary/aromatic N) is 2. The highest BCUT2D eigenvalue weighted by Crippen LogP contribution is 2.40. The number of nitrogens with two attached hydrogens (primary N) is 2. The van der Waals surface area contributed by atoms with Gasteiger partial charge >= 0.3 is 0 Å². The zero-order valence-corrected chi connectivity index (χ0v) is 17.7. The van der Waals surface area contributed by atoms with Gasteiger partial charge in [0.15, 0.2) is 0 Å². The van der Waals surface area contributed by atoms with Gasteiger partial charge in [-0.1, -0.05) is 17.3 Å². The third-order valence-electron chi connectivity index (χ3n) is 5.53. The summed E-state index contributed by atoms with van der Waals surface area (Å²) in [5.41, 5.74) is 13.7. The lowest BCUT2D eigenvalue weighted by molar-refractivity contribution is -0.125. The summed E-state index contributed by atoms with van der Waals surface area (Å²) in [6.45, 7) is 1.80. The van der Waals surface area contributed by atoms with Crippen LogP contribution in [0, 0.1) is 12.3 Å². The van der Waals surface area contributed by atoms with Crippen molar-refractivity contribution in [2.24, 2.45) is 16.9 Å². The lowest BCUT2D eigenvalue weighted by atomic mass is 9.73. The minimum atomic E-state index is -1.08. The number of ether oxygens (including phenoxy) is 1. The summed E-state index contributed by atoms with van der Waals surface area (Å²) in [6.07, 6.45) is 5.31. The minimum Gasteiger partial charge on any atom is -0.497 e. The van der Waals surface area contributed by atoms with Crippen molar-refractivity contribution in [2.75, 3.05) is 12.4 Å². The number of primary amides is 2. The Morgan fingerprint density at radius 3 is 2.75 bits per heavy atom. The Labute approximate surface area is 184 Å². The summed E-state index contributed by atoms with van der Waals surface area (Å²) in [5, 5.41) is 7.15. The van der Waals surface area contributed by atoms with Gasteiger partial charge < -0.3 is 26.0 Å². The van der Waals surface area contributed by atoms with Gasteiger partial charge in [0, 0.05) is 36.0 Å². The summed E-state index contributed by atoms with van der Waals surface area (Å²) in [7, 11) is 1.57. The summed E-state index contributed by atoms with van der Waals surface area (Å²) < 4.78 is 10.6. The zero-order valence-electron chi connectivity index (χ0n) is 17.7. The van der Waals surface area contributed by atoms with E-state index in [1.807, 2.05) is 18.2 Å². The Morgan fingerprint density at radius 1 is 1.28 bits per heavy atom. The highest BCUT2D eigenvalue weighted by Gasteiger charge is 2.40. The third-order valence-corrected chi connectivity index (χ3v) is 5.53. The van der Waals surface area contributed by atoms with Gasteiger partial charge in [-0.25, -0.2) is 0 Å². The predicted molar refractivity (Wildman–Crippen MR) is 118 cm³/mol. The topological polar surface area (TPSA) is 146 Å². The molecular weight excluding hydrogens is 410 g/mol. The highest BCUT2D eigenvalue weighted by atomic mass is 16.5. The van der Waals surface area contributed by atoms with Crippen molar-refractivity contribution in [3.63, 3.8) is 0 Å². The molecule has 0 aliphatic heterocycles. The molecule has 0 radical (unpaired) electrons. The number of methoxy groups -OCH3 is 1. The average Bonchev–Trinajstić information content (AvgIpc) is 3.18. The summed E-state index contributed by atoms with van der Waals surface area (Å²) in [5.74, 6) is 0.0161. The normalized spacial score (nSPS) is 16.9. The molecule has 5 N–H and O–H groups in total. The number of benzene rings is 1. The molecule has 4 rings (SSSR count). The SMILES string of the molecule is COc1cccc(Nc2c(C(N)=O)cnc3c2CC(Cc2cc(C)no2)(C(N)=O)C=C3)c1. The fourth-order valence-electron chi connectivity index (χ4n) is 3.87. The first-order valence-corrected chi connectivity index (χ1v) is 9.95. The Balaban J connectivity index is 1.80. The van der Waals surface area contributed by atoms with Crippen LogP contribution in [0.15, 0.2) is 47.1 Å². The number of amides is 2. The van der Waals surface area contributed by atoms with Gasteiger partial charge in [0.05, 0.1) is 35.2 Å². The van der Waals surface area contributed by atoms with Crippen LogP contribution in [0.4, 0.5) is 11.4 Å². The number of nitrogens with one attached hydrogen (secondary N) is 1. The fourth-order valence-corrected chi connectivity index (χ4v) is 3.87. The van der Waals surface area contributed by atoms with E-state index in [0.29, 0.717) is 39.8 Å². The molecule has 164 valence electrons. The summed E-state index contributed by atoms with van der Waals surface area (Å²) in [4.78, 5) is 29.2. The Hall–Kier alpha value is -4.14. The Kier molecular flexibility index (Phi) is 5.40. The van der Waals surface area contributed by atoms with Gasteiger partial charge in [-0.05, 0) is 31.6 Å². The molecule has 9 heteroatoms. The van der Waals surface area contributed by atoms with E-state index in [0.717, 1.165) is 0 Å². The Morgan fingerprint density at radius 2 is 2.09 bits per heavy atom. The molecule has 1 atom stereocenters. The lowest BCUT2D eigenvalue weighted by Crippen LogP contribution is -2.41. The van der Waals surface area contributed by atoms with E-state index in [2.05, 4.69) is 15.5 Å². The number of pyridine rings is 1. The number of aryl methyl sites for hydroxylation is 1. The molecule has 1 unspecified atom stereocenters. The van der Waals surface area contributed by atoms with Crippen molar-refractivity contribution in [1.29, 1.82) is 0 Å². The quantitative estimate of drug-likeness (QED) is 0.519. The van der Waals surface area contributed by atoms with Crippen LogP contribution in [-0.2, 0) is 17.6 Å². The average molecular weight is 433 g/mol. The van der Waals surface area contributed by atoms with Crippen LogP contribution >= 0.6 is 0 Å². The van der Waals surface area contributed by atoms with Crippen molar-refractivity contribution in [1.82, 2.24) is 10.1 Å². The van der Waals surface area contributed by atoms with Gasteiger partial charge in [0.1, 0.15) is 11.5 Å². The van der Waals surface area contributed by atoms with E-state index in [1.165, 1.54) is 6.20 Å². The molecule has 1 aliphatic carbocycles. The molecule has 0 saturated heterocycles. The monoisotopic (exact) mass is 433 g/mol. The number of hydrogen-bond donors (Lipinski definition) is 3. The molecule has 0 fully saturated rings. The molecule has 0 saturated carbocycles. The number of fused-ring (bicyclic) bond motifs is 1. The van der Waals surface area contributed by atoms with Crippen LogP contribution in [0.3, 0.4) is 0 Å². The Bertz CT molecular complexity index is 1230. The molecule has 1 aliphatic rings. The minimum absolute atomic E-state index is 0.203. The van der Waals surface area contributed by atoms with E-state index < -0.39 is 17.2 Å². The van der Waals surface area contributed by atoms with Gasteiger partial charge in [-0.3, -0.25) is 14.6 Å². The molecule has 2 heterocycles. The maximum atomic E-state index is 12.6. The number of hydrogen-bond acceptors (Lipinski definition) is 7. The molecule has 2 aromatic heterocycles. The van der Waals surface area contributed by atoms with Crippen LogP contribution in [0.2, 0.25) is 0 Å². The number of rotatable bonds is 7. The highest BCUT2D eigenvalue weighted by molar-refractivity contribution is 6.00. The van der Waals surface area contributed by atoms with E-state index >= 15 is 0 Å². The van der Waals surface area contributed by atoms with Crippen molar-refractivity contribution < 1.29 is 18.8 Å². The number of carbonyl (C=O) groups excluding carboxylic acids is 2. The van der Waals surface area contributed by atoms with Crippen LogP contribution in [0.1, 0.15) is 33.1 Å². The fraction of sp³-hybridized carbons (Fsp3) is 0.217. The molecule has 9 nitrogen and oxygen atoms in total. The molecule has 32 heavy (non-hydrogen) atoms. The van der Waals surface area contributed by atoms with E-state index in [9.17, 15) is 9.59 Å². The maximum Gasteiger partial charge on any atom is 0.252 e. The van der Waals surface area contributed by atoms with Crippen molar-refractivity contribution in [3.05, 3.63) is 70.9 Å². The number of carbonyl (C=O) groups is 2. The molecule has 0 spiro atoms. The van der Waals surface area contributed by atoms with Crippen molar-refractivity contribution >= 4 is 29.3 Å². The lowest BCUT2D eigenvalue weighted by Gasteiger charge is -2.31. The molecule has 1 aromatic carbocycles. The van der Waals surface area contributed by atoms with Gasteiger partial charge in [-0.2, -0.15) is 0 Å². The van der Waals surface area contributed by atoms with Crippen LogP contribution in [0.25, 0.3) is 6.08 Å². The second-order valence-corrected chi connectivity index (χ2v) is 7.77. The summed E-state index contributed by atoms with van der Waals surface area (Å²) in [6, 6.07) is 9.01. The van der Waals surface area contributed by atoms with E-state index in [4.69, 9.17) is 20.7 Å². The maximum absolute atomic E-state index is 12.6. The predicted octanol–water partition coefficient (Wildman–Crippen LogP) is 2.51. The van der Waals surface area contributed by atoms with Gasteiger partial charge in [0.2, 0.25) is 5.91 Å². The zero-order chi connectivity index (χ0) is 22.9. The summed E-state index contributed by atoms with van der Waals surface area (Å²) >= 11 is 0. The van der Waals surface area contributed by atoms with E-state index in [-0.39, 0.29) is 18.4 Å². The molecule has 2 amide bonds. The van der Waals surface area contributed by atoms with Gasteiger partial charge in [0.25, 0.3) is 5.91 Å². The van der Waals surface area contributed by atoms with Crippen molar-refractivity contribution in [2.45, 2.75) is 19.8 Å². The molecule has 3 aromatic rings. The second-order valence-electron chi connectivity index (χ2n) is 7.77. The molecular formula is C23H23N5O4. The third kappa shape index (κ3) is 3.92. The second kappa shape index (κ2) is 8.18. The standard InChI is InChI=1S/C23H23N5O4/c1-13-8-16(32-28-13)10-23(22(25)30)7-6-19-17(11-23)20(18(12-26-19)21(24)29)27-14-4-3-5-15(9-14)31-2/h3-9,12H,10-11H2,1-2H3,(H2,24,29)(H2,25,30)(H,26,27).